The Morgan fingerprint density at radius 1 is 1.00 bits per heavy atom. The number of aryl methyl sites for hydroxylation is 4. The van der Waals surface area contributed by atoms with Gasteiger partial charge in [-0.1, -0.05) is 17.7 Å². The van der Waals surface area contributed by atoms with Crippen LogP contribution >= 0.6 is 27.3 Å². The molecule has 3 heteroatoms. The van der Waals surface area contributed by atoms with Gasteiger partial charge in [0.2, 0.25) is 5.78 Å². The second kappa shape index (κ2) is 4.98. The summed E-state index contributed by atoms with van der Waals surface area (Å²) in [6, 6.07) is 6.08. The van der Waals surface area contributed by atoms with Gasteiger partial charge < -0.3 is 0 Å². The average Bonchev–Trinajstić information content (AvgIpc) is 2.57. The molecule has 0 N–H and O–H groups in total. The van der Waals surface area contributed by atoms with Crippen molar-refractivity contribution in [1.29, 1.82) is 0 Å². The summed E-state index contributed by atoms with van der Waals surface area (Å²) in [5.74, 6) is 0.129. The Morgan fingerprint density at radius 2 is 1.56 bits per heavy atom. The number of carbonyl (C=O) groups is 1. The van der Waals surface area contributed by atoms with Crippen LogP contribution in [-0.4, -0.2) is 5.78 Å². The van der Waals surface area contributed by atoms with Crippen LogP contribution in [0, 0.1) is 27.7 Å². The topological polar surface area (TPSA) is 17.1 Å². The van der Waals surface area contributed by atoms with Gasteiger partial charge in [0.05, 0.1) is 8.66 Å². The first-order chi connectivity index (χ1) is 8.40. The van der Waals surface area contributed by atoms with Crippen LogP contribution < -0.4 is 0 Å². The van der Waals surface area contributed by atoms with E-state index in [-0.39, 0.29) is 5.78 Å². The Kier molecular flexibility index (Phi) is 3.74. The molecular weight excluding hydrogens is 308 g/mol. The molecule has 0 aliphatic heterocycles. The number of hydrogen-bond donors (Lipinski definition) is 0. The molecule has 1 heterocycles. The highest BCUT2D eigenvalue weighted by Gasteiger charge is 2.17. The van der Waals surface area contributed by atoms with Crippen LogP contribution in [0.1, 0.15) is 37.5 Å². The first-order valence-electron chi connectivity index (χ1n) is 5.78. The molecule has 0 radical (unpaired) electrons. The van der Waals surface area contributed by atoms with E-state index in [2.05, 4.69) is 35.0 Å². The van der Waals surface area contributed by atoms with Gasteiger partial charge in [0, 0.05) is 5.56 Å². The Hall–Kier alpha value is -0.930. The van der Waals surface area contributed by atoms with Crippen LogP contribution in [0.15, 0.2) is 22.0 Å². The molecule has 0 saturated heterocycles. The van der Waals surface area contributed by atoms with Crippen molar-refractivity contribution in [3.8, 4) is 0 Å². The summed E-state index contributed by atoms with van der Waals surface area (Å²) >= 11 is 4.98. The molecule has 0 bridgehead atoms. The molecule has 1 aromatic carbocycles. The molecule has 0 aliphatic rings. The van der Waals surface area contributed by atoms with Crippen molar-refractivity contribution in [2.24, 2.45) is 0 Å². The lowest BCUT2D eigenvalue weighted by molar-refractivity contribution is 0.104. The van der Waals surface area contributed by atoms with Gasteiger partial charge in [-0.15, -0.1) is 11.3 Å². The highest BCUT2D eigenvalue weighted by atomic mass is 79.9. The number of thiophene rings is 1. The SMILES string of the molecule is Cc1cc(C)c(C(=O)c2cc(C)c(Br)s2)c(C)c1. The van der Waals surface area contributed by atoms with E-state index in [1.165, 1.54) is 16.9 Å². The largest absolute Gasteiger partial charge is 0.288 e. The Labute approximate surface area is 120 Å². The van der Waals surface area contributed by atoms with Gasteiger partial charge in [0.15, 0.2) is 0 Å². The molecule has 1 aromatic heterocycles. The van der Waals surface area contributed by atoms with Gasteiger partial charge in [0.1, 0.15) is 0 Å². The summed E-state index contributed by atoms with van der Waals surface area (Å²) in [5.41, 5.74) is 5.27. The minimum atomic E-state index is 0.129. The Morgan fingerprint density at radius 3 is 2.00 bits per heavy atom. The van der Waals surface area contributed by atoms with Crippen LogP contribution in [0.4, 0.5) is 0 Å². The van der Waals surface area contributed by atoms with Gasteiger partial charge in [-0.05, 0) is 66.4 Å². The van der Waals surface area contributed by atoms with Crippen LogP contribution in [0.25, 0.3) is 0 Å². The van der Waals surface area contributed by atoms with Crippen LogP contribution in [0.2, 0.25) is 0 Å². The maximum absolute atomic E-state index is 12.6. The Bertz CT molecular complexity index is 583. The molecule has 0 spiro atoms. The normalized spacial score (nSPS) is 10.7. The van der Waals surface area contributed by atoms with Crippen molar-refractivity contribution in [2.45, 2.75) is 27.7 Å². The number of carbonyl (C=O) groups excluding carboxylic acids is 1. The van der Waals surface area contributed by atoms with Gasteiger partial charge in [-0.2, -0.15) is 0 Å². The molecule has 2 rings (SSSR count). The zero-order valence-corrected chi connectivity index (χ0v) is 13.3. The lowest BCUT2D eigenvalue weighted by Gasteiger charge is -2.09. The van der Waals surface area contributed by atoms with Gasteiger partial charge >= 0.3 is 0 Å². The van der Waals surface area contributed by atoms with Crippen LogP contribution in [0.5, 0.6) is 0 Å². The lowest BCUT2D eigenvalue weighted by atomic mass is 9.96. The van der Waals surface area contributed by atoms with E-state index < -0.39 is 0 Å². The highest BCUT2D eigenvalue weighted by molar-refractivity contribution is 9.11. The molecule has 18 heavy (non-hydrogen) atoms. The van der Waals surface area contributed by atoms with Gasteiger partial charge in [-0.25, -0.2) is 0 Å². The van der Waals surface area contributed by atoms with E-state index in [9.17, 15) is 4.79 Å². The summed E-state index contributed by atoms with van der Waals surface area (Å²) in [7, 11) is 0. The number of benzene rings is 1. The first-order valence-corrected chi connectivity index (χ1v) is 7.39. The second-order valence-electron chi connectivity index (χ2n) is 4.67. The third kappa shape index (κ3) is 2.43. The molecule has 0 unspecified atom stereocenters. The maximum atomic E-state index is 12.6. The first kappa shape index (κ1) is 13.5. The summed E-state index contributed by atoms with van der Waals surface area (Å²) in [5, 5.41) is 0. The van der Waals surface area contributed by atoms with E-state index in [1.54, 1.807) is 0 Å². The van der Waals surface area contributed by atoms with Crippen molar-refractivity contribution >= 4 is 33.0 Å². The van der Waals surface area contributed by atoms with E-state index in [1.807, 2.05) is 26.8 Å². The smallest absolute Gasteiger partial charge is 0.203 e. The number of ketones is 1. The molecule has 0 saturated carbocycles. The maximum Gasteiger partial charge on any atom is 0.203 e. The lowest BCUT2D eigenvalue weighted by Crippen LogP contribution is -2.05. The number of halogens is 1. The minimum absolute atomic E-state index is 0.129. The predicted octanol–water partition coefficient (Wildman–Crippen LogP) is 4.98. The molecule has 1 nitrogen and oxygen atoms in total. The quantitative estimate of drug-likeness (QED) is 0.713. The van der Waals surface area contributed by atoms with Crippen molar-refractivity contribution in [3.63, 3.8) is 0 Å². The molecule has 0 aliphatic carbocycles. The minimum Gasteiger partial charge on any atom is -0.288 e. The zero-order valence-electron chi connectivity index (χ0n) is 10.9. The number of hydrogen-bond acceptors (Lipinski definition) is 2. The average molecular weight is 323 g/mol. The molecule has 94 valence electrons. The summed E-state index contributed by atoms with van der Waals surface area (Å²) in [6.07, 6.45) is 0. The van der Waals surface area contributed by atoms with Crippen molar-refractivity contribution in [1.82, 2.24) is 0 Å². The van der Waals surface area contributed by atoms with Gasteiger partial charge in [-0.3, -0.25) is 4.79 Å². The van der Waals surface area contributed by atoms with Crippen molar-refractivity contribution in [3.05, 3.63) is 54.7 Å². The third-order valence-electron chi connectivity index (χ3n) is 2.99. The summed E-state index contributed by atoms with van der Waals surface area (Å²) in [6.45, 7) is 8.07. The molecule has 0 fully saturated rings. The highest BCUT2D eigenvalue weighted by Crippen LogP contribution is 2.30. The molecule has 2 aromatic rings. The van der Waals surface area contributed by atoms with E-state index in [0.717, 1.165) is 30.9 Å². The third-order valence-corrected chi connectivity index (χ3v) is 5.12. The van der Waals surface area contributed by atoms with Crippen LogP contribution in [-0.2, 0) is 0 Å². The molecule has 0 atom stereocenters. The molecular formula is C15H15BrOS. The van der Waals surface area contributed by atoms with Crippen molar-refractivity contribution in [2.75, 3.05) is 0 Å². The van der Waals surface area contributed by atoms with Crippen molar-refractivity contribution < 1.29 is 4.79 Å². The van der Waals surface area contributed by atoms with Gasteiger partial charge in [0.25, 0.3) is 0 Å². The Balaban J connectivity index is 2.52. The zero-order chi connectivity index (χ0) is 13.4. The standard InChI is InChI=1S/C15H15BrOS/c1-8-5-9(2)13(10(3)6-8)14(17)12-7-11(4)15(16)18-12/h5-7H,1-4H3. The predicted molar refractivity (Wildman–Crippen MR) is 80.8 cm³/mol. The summed E-state index contributed by atoms with van der Waals surface area (Å²) in [4.78, 5) is 13.4. The number of rotatable bonds is 2. The summed E-state index contributed by atoms with van der Waals surface area (Å²) < 4.78 is 1.04. The second-order valence-corrected chi connectivity index (χ2v) is 7.04. The fourth-order valence-corrected chi connectivity index (χ4v) is 3.71. The van der Waals surface area contributed by atoms with E-state index in [0.29, 0.717) is 0 Å². The van der Waals surface area contributed by atoms with E-state index >= 15 is 0 Å². The monoisotopic (exact) mass is 322 g/mol. The fraction of sp³-hybridized carbons (Fsp3) is 0.267. The van der Waals surface area contributed by atoms with E-state index in [4.69, 9.17) is 0 Å². The van der Waals surface area contributed by atoms with Crippen LogP contribution in [0.3, 0.4) is 0 Å². The molecule has 0 amide bonds. The fourth-order valence-electron chi connectivity index (χ4n) is 2.23.